The van der Waals surface area contributed by atoms with E-state index in [1.54, 1.807) is 54.7 Å². The van der Waals surface area contributed by atoms with E-state index in [4.69, 9.17) is 63.1 Å². The number of esters is 2. The number of aromatic nitrogens is 4. The van der Waals surface area contributed by atoms with Crippen LogP contribution < -0.4 is 40.6 Å². The van der Waals surface area contributed by atoms with E-state index in [0.717, 1.165) is 5.69 Å². The van der Waals surface area contributed by atoms with Crippen LogP contribution in [0.15, 0.2) is 54.7 Å². The van der Waals surface area contributed by atoms with Gasteiger partial charge in [0, 0.05) is 48.0 Å². The fourth-order valence-electron chi connectivity index (χ4n) is 5.63. The molecule has 17 nitrogen and oxygen atoms in total. The molecule has 0 bridgehead atoms. The van der Waals surface area contributed by atoms with Crippen LogP contribution in [0.3, 0.4) is 0 Å². The van der Waals surface area contributed by atoms with Gasteiger partial charge in [0.1, 0.15) is 19.3 Å². The zero-order valence-corrected chi connectivity index (χ0v) is 30.6. The molecule has 0 saturated carbocycles. The molecule has 55 heavy (non-hydrogen) atoms. The zero-order chi connectivity index (χ0) is 38.6. The van der Waals surface area contributed by atoms with Crippen LogP contribution in [0.5, 0.6) is 23.0 Å². The first kappa shape index (κ1) is 37.0. The molecule has 284 valence electrons. The molecule has 0 spiro atoms. The van der Waals surface area contributed by atoms with Crippen molar-refractivity contribution in [2.24, 2.45) is 0 Å². The number of halogens is 2. The Morgan fingerprint density at radius 2 is 1.45 bits per heavy atom. The van der Waals surface area contributed by atoms with E-state index in [1.807, 2.05) is 11.9 Å². The number of nitrogens with one attached hydrogen (secondary N) is 1. The molecule has 4 heterocycles. The number of hydrogen-bond acceptors (Lipinski definition) is 16. The molecule has 0 aliphatic carbocycles. The van der Waals surface area contributed by atoms with Gasteiger partial charge in [-0.1, -0.05) is 23.2 Å². The third-order valence-electron chi connectivity index (χ3n) is 8.54. The summed E-state index contributed by atoms with van der Waals surface area (Å²) in [4.78, 5) is 58.4. The lowest BCUT2D eigenvalue weighted by Gasteiger charge is -2.20. The Morgan fingerprint density at radius 3 is 2.09 bits per heavy atom. The van der Waals surface area contributed by atoms with Crippen LogP contribution in [-0.4, -0.2) is 64.5 Å². The Morgan fingerprint density at radius 1 is 0.855 bits per heavy atom. The predicted molar refractivity (Wildman–Crippen MR) is 198 cm³/mol. The van der Waals surface area contributed by atoms with Crippen LogP contribution in [0.25, 0.3) is 11.2 Å². The second-order valence-electron chi connectivity index (χ2n) is 12.3. The first-order valence-electron chi connectivity index (χ1n) is 16.7. The van der Waals surface area contributed by atoms with Crippen molar-refractivity contribution in [3.63, 3.8) is 0 Å². The van der Waals surface area contributed by atoms with E-state index in [0.29, 0.717) is 61.9 Å². The minimum Gasteiger partial charge on any atom is -0.461 e. The number of carbonyl (C=O) groups is 3. The number of nitrogens with two attached hydrogens (primary N) is 2. The molecule has 0 saturated heterocycles. The highest BCUT2D eigenvalue weighted by Gasteiger charge is 2.26. The molecule has 0 radical (unpaired) electrons. The highest BCUT2D eigenvalue weighted by Crippen LogP contribution is 2.38. The number of benzene rings is 3. The summed E-state index contributed by atoms with van der Waals surface area (Å²) in [5, 5.41) is 3.32. The lowest BCUT2D eigenvalue weighted by Crippen LogP contribution is -2.42. The smallest absolute Gasteiger partial charge is 0.328 e. The Balaban J connectivity index is 0.999. The molecule has 0 fully saturated rings. The number of anilines is 3. The molecule has 19 heteroatoms. The average molecular weight is 792 g/mol. The normalized spacial score (nSPS) is 13.0. The van der Waals surface area contributed by atoms with E-state index >= 15 is 0 Å². The quantitative estimate of drug-likeness (QED) is 0.141. The molecule has 2 aliphatic rings. The molecule has 2 aliphatic heterocycles. The van der Waals surface area contributed by atoms with Gasteiger partial charge in [0.2, 0.25) is 19.5 Å². The second-order valence-corrected chi connectivity index (χ2v) is 13.1. The van der Waals surface area contributed by atoms with E-state index in [1.165, 1.54) is 0 Å². The monoisotopic (exact) mass is 790 g/mol. The first-order chi connectivity index (χ1) is 26.5. The molecular formula is C36H32Cl2N8O9. The standard InChI is InChI=1S/C36H32Cl2N8O9/c1-46(13-21-12-41-33-31(42-21)32(39)44-36(40)45-33)22-4-2-18(3-5-22)34(48)43-25(35(49)51-15-20-9-27-29(11-24(20)38)55-17-53-27)6-7-30(47)50-14-19-8-26-28(10-23(19)37)54-16-52-26/h2-5,8-12,25H,6-7,13-17H2,1H3,(H,43,48)(H4,39,40,41,44,45)/t25-/m1/s1. The summed E-state index contributed by atoms with van der Waals surface area (Å²) >= 11 is 12.7. The average Bonchev–Trinajstić information content (AvgIpc) is 3.83. The van der Waals surface area contributed by atoms with Crippen molar-refractivity contribution in [2.75, 3.05) is 37.0 Å². The number of rotatable bonds is 13. The van der Waals surface area contributed by atoms with E-state index in [9.17, 15) is 14.4 Å². The predicted octanol–water partition coefficient (Wildman–Crippen LogP) is 4.35. The van der Waals surface area contributed by atoms with Gasteiger partial charge in [0.05, 0.1) is 28.5 Å². The minimum atomic E-state index is -1.23. The number of nitrogen functional groups attached to an aromatic ring is 2. The Kier molecular flexibility index (Phi) is 10.7. The number of fused-ring (bicyclic) bond motifs is 3. The summed E-state index contributed by atoms with van der Waals surface area (Å²) < 4.78 is 32.4. The van der Waals surface area contributed by atoms with E-state index in [2.05, 4.69) is 25.3 Å². The fraction of sp³-hybridized carbons (Fsp3) is 0.250. The van der Waals surface area contributed by atoms with Gasteiger partial charge in [0.25, 0.3) is 5.91 Å². The number of nitrogens with zero attached hydrogens (tertiary/aromatic N) is 5. The van der Waals surface area contributed by atoms with Gasteiger partial charge in [-0.25, -0.2) is 14.8 Å². The summed E-state index contributed by atoms with van der Waals surface area (Å²) in [6, 6.07) is 11.8. The third-order valence-corrected chi connectivity index (χ3v) is 9.24. The number of ether oxygens (including phenoxy) is 6. The zero-order valence-electron chi connectivity index (χ0n) is 29.0. The highest BCUT2D eigenvalue weighted by atomic mass is 35.5. The van der Waals surface area contributed by atoms with Gasteiger partial charge in [0.15, 0.2) is 40.0 Å². The largest absolute Gasteiger partial charge is 0.461 e. The highest BCUT2D eigenvalue weighted by molar-refractivity contribution is 6.32. The van der Waals surface area contributed by atoms with Crippen molar-refractivity contribution in [3.05, 3.63) is 87.2 Å². The maximum absolute atomic E-state index is 13.5. The molecule has 1 atom stereocenters. The molecule has 3 aromatic carbocycles. The molecule has 7 rings (SSSR count). The van der Waals surface area contributed by atoms with Gasteiger partial charge < -0.3 is 50.1 Å². The van der Waals surface area contributed by atoms with Crippen molar-refractivity contribution >= 4 is 69.7 Å². The van der Waals surface area contributed by atoms with Crippen molar-refractivity contribution in [1.29, 1.82) is 0 Å². The SMILES string of the molecule is CN(Cc1cnc2nc(N)nc(N)c2n1)c1ccc(C(=O)N[C@H](CCC(=O)OCc2cc3c(cc2Cl)OCO3)C(=O)OCc2cc3c(cc2Cl)OCO3)cc1. The Hall–Kier alpha value is -6.33. The fourth-order valence-corrected chi connectivity index (χ4v) is 6.05. The topological polar surface area (TPSA) is 225 Å². The lowest BCUT2D eigenvalue weighted by atomic mass is 10.1. The van der Waals surface area contributed by atoms with E-state index in [-0.39, 0.29) is 62.6 Å². The van der Waals surface area contributed by atoms with Gasteiger partial charge >= 0.3 is 11.9 Å². The first-order valence-corrected chi connectivity index (χ1v) is 17.4. The van der Waals surface area contributed by atoms with Crippen molar-refractivity contribution < 1.29 is 42.8 Å². The second kappa shape index (κ2) is 16.0. The Labute approximate surface area is 322 Å². The van der Waals surface area contributed by atoms with Crippen molar-refractivity contribution in [2.45, 2.75) is 38.6 Å². The number of amides is 1. The van der Waals surface area contributed by atoms with Crippen molar-refractivity contribution in [3.8, 4) is 23.0 Å². The molecule has 5 aromatic rings. The molecule has 1 amide bonds. The summed E-state index contributed by atoms with van der Waals surface area (Å²) in [6.07, 6.45) is 1.19. The van der Waals surface area contributed by atoms with E-state index < -0.39 is 23.9 Å². The summed E-state index contributed by atoms with van der Waals surface area (Å²) in [5.74, 6) is 0.0127. The molecule has 0 unspecified atom stereocenters. The van der Waals surface area contributed by atoms with Gasteiger partial charge in [-0.2, -0.15) is 9.97 Å². The van der Waals surface area contributed by atoms with Crippen LogP contribution in [-0.2, 0) is 38.8 Å². The van der Waals surface area contributed by atoms with Crippen LogP contribution in [0.1, 0.15) is 40.0 Å². The number of hydrogen-bond donors (Lipinski definition) is 3. The molecule has 5 N–H and O–H groups in total. The maximum Gasteiger partial charge on any atom is 0.328 e. The number of carbonyl (C=O) groups excluding carboxylic acids is 3. The minimum absolute atomic E-state index is 0.00440. The third kappa shape index (κ3) is 8.58. The van der Waals surface area contributed by atoms with Crippen LogP contribution in [0.4, 0.5) is 17.5 Å². The summed E-state index contributed by atoms with van der Waals surface area (Å²) in [5.41, 5.74) is 14.8. The van der Waals surface area contributed by atoms with Crippen LogP contribution >= 0.6 is 23.2 Å². The van der Waals surface area contributed by atoms with Gasteiger partial charge in [-0.15, -0.1) is 0 Å². The van der Waals surface area contributed by atoms with Gasteiger partial charge in [-0.3, -0.25) is 9.59 Å². The van der Waals surface area contributed by atoms with Crippen molar-refractivity contribution in [1.82, 2.24) is 25.3 Å². The maximum atomic E-state index is 13.5. The molecule has 2 aromatic heterocycles. The van der Waals surface area contributed by atoms with Gasteiger partial charge in [-0.05, 0) is 42.8 Å². The summed E-state index contributed by atoms with van der Waals surface area (Å²) in [7, 11) is 1.84. The molecular weight excluding hydrogens is 759 g/mol. The Bertz CT molecular complexity index is 2300. The summed E-state index contributed by atoms with van der Waals surface area (Å²) in [6.45, 7) is 0.0638. The van der Waals surface area contributed by atoms with Crippen LogP contribution in [0.2, 0.25) is 10.0 Å². The van der Waals surface area contributed by atoms with Crippen LogP contribution in [0, 0.1) is 0 Å². The lowest BCUT2D eigenvalue weighted by molar-refractivity contribution is -0.148.